The Balaban J connectivity index is 1.63. The highest BCUT2D eigenvalue weighted by molar-refractivity contribution is 7.89. The van der Waals surface area contributed by atoms with Gasteiger partial charge in [-0.15, -0.1) is 0 Å². The SMILES string of the molecule is O=S(=O)(c1ccc2nc(Nc3ccccc3F)ccc2c1)N1CCCCC1. The number of hydrogen-bond donors (Lipinski definition) is 1. The average molecular weight is 385 g/mol. The molecule has 7 heteroatoms. The molecule has 4 rings (SSSR count). The maximum Gasteiger partial charge on any atom is 0.243 e. The first kappa shape index (κ1) is 17.9. The molecule has 1 aliphatic heterocycles. The molecule has 0 aliphatic carbocycles. The van der Waals surface area contributed by atoms with E-state index in [9.17, 15) is 12.8 Å². The van der Waals surface area contributed by atoms with Gasteiger partial charge in [-0.3, -0.25) is 0 Å². The van der Waals surface area contributed by atoms with E-state index in [0.717, 1.165) is 24.6 Å². The lowest BCUT2D eigenvalue weighted by Gasteiger charge is -2.25. The number of para-hydroxylation sites is 1. The second kappa shape index (κ2) is 7.25. The van der Waals surface area contributed by atoms with E-state index in [4.69, 9.17) is 0 Å². The van der Waals surface area contributed by atoms with Crippen molar-refractivity contribution >= 4 is 32.4 Å². The number of aromatic nitrogens is 1. The molecular weight excluding hydrogens is 365 g/mol. The summed E-state index contributed by atoms with van der Waals surface area (Å²) in [7, 11) is -3.48. The van der Waals surface area contributed by atoms with Crippen molar-refractivity contribution in [3.8, 4) is 0 Å². The number of rotatable bonds is 4. The number of sulfonamides is 1. The van der Waals surface area contributed by atoms with Crippen molar-refractivity contribution in [2.75, 3.05) is 18.4 Å². The summed E-state index contributed by atoms with van der Waals surface area (Å²) in [6, 6.07) is 14.8. The molecule has 0 radical (unpaired) electrons. The summed E-state index contributed by atoms with van der Waals surface area (Å²) in [6.45, 7) is 1.15. The molecule has 5 nitrogen and oxygen atoms in total. The van der Waals surface area contributed by atoms with E-state index in [2.05, 4.69) is 10.3 Å². The third-order valence-electron chi connectivity index (χ3n) is 4.75. The second-order valence-electron chi connectivity index (χ2n) is 6.62. The highest BCUT2D eigenvalue weighted by Gasteiger charge is 2.26. The Kier molecular flexibility index (Phi) is 4.80. The monoisotopic (exact) mass is 385 g/mol. The summed E-state index contributed by atoms with van der Waals surface area (Å²) in [6.07, 6.45) is 2.88. The Morgan fingerprint density at radius 1 is 0.963 bits per heavy atom. The zero-order chi connectivity index (χ0) is 18.9. The number of pyridine rings is 1. The maximum absolute atomic E-state index is 13.8. The third-order valence-corrected chi connectivity index (χ3v) is 6.64. The number of nitrogens with zero attached hydrogens (tertiary/aromatic N) is 2. The van der Waals surface area contributed by atoms with Gasteiger partial charge in [0.1, 0.15) is 11.6 Å². The van der Waals surface area contributed by atoms with E-state index in [-0.39, 0.29) is 10.7 Å². The molecule has 1 aliphatic rings. The van der Waals surface area contributed by atoms with E-state index in [1.165, 1.54) is 6.07 Å². The topological polar surface area (TPSA) is 62.3 Å². The molecule has 3 aromatic rings. The standard InChI is InChI=1S/C20H20FN3O2S/c21-17-6-2-3-7-19(17)23-20-11-8-15-14-16(9-10-18(15)22-20)27(25,26)24-12-4-1-5-13-24/h2-3,6-11,14H,1,4-5,12-13H2,(H,22,23). The molecule has 0 saturated carbocycles. The van der Waals surface area contributed by atoms with Crippen molar-refractivity contribution in [2.45, 2.75) is 24.2 Å². The molecule has 1 fully saturated rings. The van der Waals surface area contributed by atoms with Crippen LogP contribution in [-0.4, -0.2) is 30.8 Å². The van der Waals surface area contributed by atoms with Gasteiger partial charge in [-0.05, 0) is 55.3 Å². The number of halogens is 1. The minimum absolute atomic E-state index is 0.286. The number of fused-ring (bicyclic) bond motifs is 1. The first-order chi connectivity index (χ1) is 13.0. The smallest absolute Gasteiger partial charge is 0.243 e. The predicted molar refractivity (Wildman–Crippen MR) is 104 cm³/mol. The Labute approximate surface area is 157 Å². The quantitative estimate of drug-likeness (QED) is 0.728. The van der Waals surface area contributed by atoms with Crippen LogP contribution in [0.2, 0.25) is 0 Å². The van der Waals surface area contributed by atoms with Crippen LogP contribution < -0.4 is 5.32 Å². The summed E-state index contributed by atoms with van der Waals surface area (Å²) < 4.78 is 41.0. The number of hydrogen-bond acceptors (Lipinski definition) is 4. The first-order valence-corrected chi connectivity index (χ1v) is 10.4. The highest BCUT2D eigenvalue weighted by atomic mass is 32.2. The predicted octanol–water partition coefficient (Wildman–Crippen LogP) is 4.29. The second-order valence-corrected chi connectivity index (χ2v) is 8.56. The van der Waals surface area contributed by atoms with Crippen LogP contribution in [0.15, 0.2) is 59.5 Å². The highest BCUT2D eigenvalue weighted by Crippen LogP contribution is 2.25. The summed E-state index contributed by atoms with van der Waals surface area (Å²) in [5.41, 5.74) is 0.988. The van der Waals surface area contributed by atoms with E-state index in [0.29, 0.717) is 30.1 Å². The molecule has 0 unspecified atom stereocenters. The van der Waals surface area contributed by atoms with Crippen LogP contribution in [0.5, 0.6) is 0 Å². The van der Waals surface area contributed by atoms with Crippen LogP contribution in [0.25, 0.3) is 10.9 Å². The minimum atomic E-state index is -3.48. The lowest BCUT2D eigenvalue weighted by molar-refractivity contribution is 0.346. The maximum atomic E-state index is 13.8. The Morgan fingerprint density at radius 3 is 2.52 bits per heavy atom. The van der Waals surface area contributed by atoms with E-state index < -0.39 is 10.0 Å². The first-order valence-electron chi connectivity index (χ1n) is 8.96. The average Bonchev–Trinajstić information content (AvgIpc) is 2.70. The Hall–Kier alpha value is -2.51. The van der Waals surface area contributed by atoms with Crippen LogP contribution in [-0.2, 0) is 10.0 Å². The number of nitrogens with one attached hydrogen (secondary N) is 1. The van der Waals surface area contributed by atoms with E-state index in [1.807, 2.05) is 0 Å². The van der Waals surface area contributed by atoms with Crippen LogP contribution in [0.1, 0.15) is 19.3 Å². The lowest BCUT2D eigenvalue weighted by Crippen LogP contribution is -2.35. The van der Waals surface area contributed by atoms with Gasteiger partial charge in [-0.1, -0.05) is 18.6 Å². The molecule has 1 aromatic heterocycles. The fourth-order valence-corrected chi connectivity index (χ4v) is 4.84. The molecular formula is C20H20FN3O2S. The number of benzene rings is 2. The van der Waals surface area contributed by atoms with Gasteiger partial charge in [0.25, 0.3) is 0 Å². The lowest BCUT2D eigenvalue weighted by atomic mass is 10.2. The van der Waals surface area contributed by atoms with Gasteiger partial charge in [0.05, 0.1) is 16.1 Å². The minimum Gasteiger partial charge on any atom is -0.338 e. The summed E-state index contributed by atoms with van der Waals surface area (Å²) >= 11 is 0. The van der Waals surface area contributed by atoms with Crippen molar-refractivity contribution in [3.63, 3.8) is 0 Å². The molecule has 1 saturated heterocycles. The van der Waals surface area contributed by atoms with Crippen molar-refractivity contribution < 1.29 is 12.8 Å². The number of piperidine rings is 1. The van der Waals surface area contributed by atoms with E-state index in [1.54, 1.807) is 52.8 Å². The van der Waals surface area contributed by atoms with Crippen LogP contribution in [0.4, 0.5) is 15.9 Å². The molecule has 0 atom stereocenters. The Morgan fingerprint density at radius 2 is 1.74 bits per heavy atom. The Bertz CT molecular complexity index is 1080. The summed E-state index contributed by atoms with van der Waals surface area (Å²) in [5, 5.41) is 3.68. The van der Waals surface area contributed by atoms with E-state index >= 15 is 0 Å². The van der Waals surface area contributed by atoms with Gasteiger partial charge in [-0.2, -0.15) is 4.31 Å². The molecule has 0 spiro atoms. The molecule has 0 bridgehead atoms. The third kappa shape index (κ3) is 3.65. The van der Waals surface area contributed by atoms with Gasteiger partial charge < -0.3 is 5.32 Å². The zero-order valence-corrected chi connectivity index (χ0v) is 15.5. The fraction of sp³-hybridized carbons (Fsp3) is 0.250. The fourth-order valence-electron chi connectivity index (χ4n) is 3.29. The van der Waals surface area contributed by atoms with Crippen molar-refractivity contribution in [1.29, 1.82) is 0 Å². The van der Waals surface area contributed by atoms with Crippen molar-refractivity contribution in [1.82, 2.24) is 9.29 Å². The largest absolute Gasteiger partial charge is 0.338 e. The van der Waals surface area contributed by atoms with Crippen molar-refractivity contribution in [2.24, 2.45) is 0 Å². The summed E-state index contributed by atoms with van der Waals surface area (Å²) in [4.78, 5) is 4.75. The van der Waals surface area contributed by atoms with Crippen LogP contribution in [0, 0.1) is 5.82 Å². The summed E-state index contributed by atoms with van der Waals surface area (Å²) in [5.74, 6) is 0.140. The molecule has 2 heterocycles. The molecule has 0 amide bonds. The zero-order valence-electron chi connectivity index (χ0n) is 14.7. The molecule has 2 aromatic carbocycles. The van der Waals surface area contributed by atoms with Gasteiger partial charge in [0.15, 0.2) is 0 Å². The molecule has 1 N–H and O–H groups in total. The van der Waals surface area contributed by atoms with Crippen LogP contribution in [0.3, 0.4) is 0 Å². The normalized spacial score (nSPS) is 15.7. The van der Waals surface area contributed by atoms with Gasteiger partial charge in [0.2, 0.25) is 10.0 Å². The van der Waals surface area contributed by atoms with Gasteiger partial charge in [0, 0.05) is 18.5 Å². The molecule has 140 valence electrons. The molecule has 27 heavy (non-hydrogen) atoms. The van der Waals surface area contributed by atoms with Gasteiger partial charge in [-0.25, -0.2) is 17.8 Å². The van der Waals surface area contributed by atoms with Crippen LogP contribution >= 0.6 is 0 Å². The van der Waals surface area contributed by atoms with Crippen molar-refractivity contribution in [3.05, 3.63) is 60.4 Å². The number of anilines is 2. The van der Waals surface area contributed by atoms with Gasteiger partial charge >= 0.3 is 0 Å².